The largest absolute Gasteiger partial charge is 0.496 e. The molecule has 0 fully saturated rings. The highest BCUT2D eigenvalue weighted by molar-refractivity contribution is 9.10. The van der Waals surface area contributed by atoms with E-state index < -0.39 is 6.10 Å². The SMILES string of the molecule is COc1cccc(OC)c1C(O)c1ccoc1Br. The molecule has 1 aromatic carbocycles. The molecule has 2 rings (SSSR count). The summed E-state index contributed by atoms with van der Waals surface area (Å²) in [4.78, 5) is 0. The van der Waals surface area contributed by atoms with Crippen LogP contribution in [0.5, 0.6) is 11.5 Å². The normalized spacial score (nSPS) is 12.2. The second-order valence-corrected chi connectivity index (χ2v) is 4.35. The summed E-state index contributed by atoms with van der Waals surface area (Å²) in [5.41, 5.74) is 1.20. The van der Waals surface area contributed by atoms with Crippen molar-refractivity contribution in [2.24, 2.45) is 0 Å². The van der Waals surface area contributed by atoms with Crippen LogP contribution in [0.1, 0.15) is 17.2 Å². The summed E-state index contributed by atoms with van der Waals surface area (Å²) in [6.45, 7) is 0. The molecule has 0 aliphatic heterocycles. The molecule has 0 saturated carbocycles. The molecule has 1 N–H and O–H groups in total. The summed E-state index contributed by atoms with van der Waals surface area (Å²) in [6.07, 6.45) is 0.620. The number of hydrogen-bond donors (Lipinski definition) is 1. The van der Waals surface area contributed by atoms with Gasteiger partial charge in [-0.2, -0.15) is 0 Å². The summed E-state index contributed by atoms with van der Waals surface area (Å²) < 4.78 is 16.1. The number of furan rings is 1. The van der Waals surface area contributed by atoms with Gasteiger partial charge in [0.15, 0.2) is 4.67 Å². The van der Waals surface area contributed by atoms with E-state index in [-0.39, 0.29) is 0 Å². The van der Waals surface area contributed by atoms with Crippen molar-refractivity contribution in [3.63, 3.8) is 0 Å². The molecular weight excluding hydrogens is 300 g/mol. The Kier molecular flexibility index (Phi) is 3.93. The molecule has 0 amide bonds. The molecule has 96 valence electrons. The summed E-state index contributed by atoms with van der Waals surface area (Å²) in [6, 6.07) is 7.04. The third-order valence-corrected chi connectivity index (χ3v) is 3.32. The van der Waals surface area contributed by atoms with Crippen LogP contribution in [0.25, 0.3) is 0 Å². The number of hydrogen-bond acceptors (Lipinski definition) is 4. The fourth-order valence-electron chi connectivity index (χ4n) is 1.80. The lowest BCUT2D eigenvalue weighted by atomic mass is 10.0. The summed E-state index contributed by atoms with van der Waals surface area (Å²) in [5, 5.41) is 10.4. The second-order valence-electron chi connectivity index (χ2n) is 3.63. The van der Waals surface area contributed by atoms with Crippen LogP contribution in [0, 0.1) is 0 Å². The van der Waals surface area contributed by atoms with Gasteiger partial charge in [-0.3, -0.25) is 0 Å². The molecule has 2 aromatic rings. The summed E-state index contributed by atoms with van der Waals surface area (Å²) in [7, 11) is 3.10. The van der Waals surface area contributed by atoms with Crippen molar-refractivity contribution in [1.82, 2.24) is 0 Å². The average molecular weight is 313 g/mol. The van der Waals surface area contributed by atoms with Crippen molar-refractivity contribution < 1.29 is 19.0 Å². The van der Waals surface area contributed by atoms with Gasteiger partial charge in [0.2, 0.25) is 0 Å². The second kappa shape index (κ2) is 5.46. The highest BCUT2D eigenvalue weighted by atomic mass is 79.9. The maximum Gasteiger partial charge on any atom is 0.175 e. The first-order chi connectivity index (χ1) is 8.69. The van der Waals surface area contributed by atoms with E-state index in [1.165, 1.54) is 6.26 Å². The van der Waals surface area contributed by atoms with Gasteiger partial charge >= 0.3 is 0 Å². The molecule has 0 radical (unpaired) electrons. The van der Waals surface area contributed by atoms with Gasteiger partial charge in [-0.1, -0.05) is 6.07 Å². The van der Waals surface area contributed by atoms with Crippen molar-refractivity contribution in [3.05, 3.63) is 46.3 Å². The lowest BCUT2D eigenvalue weighted by Crippen LogP contribution is -2.04. The number of methoxy groups -OCH3 is 2. The summed E-state index contributed by atoms with van der Waals surface area (Å²) >= 11 is 3.25. The molecular formula is C13H13BrO4. The number of rotatable bonds is 4. The number of aliphatic hydroxyl groups excluding tert-OH is 1. The van der Waals surface area contributed by atoms with E-state index in [1.807, 2.05) is 0 Å². The molecule has 0 spiro atoms. The van der Waals surface area contributed by atoms with Gasteiger partial charge in [0.1, 0.15) is 17.6 Å². The minimum absolute atomic E-state index is 0.489. The van der Waals surface area contributed by atoms with Crippen LogP contribution in [-0.4, -0.2) is 19.3 Å². The lowest BCUT2D eigenvalue weighted by Gasteiger charge is -2.17. The topological polar surface area (TPSA) is 51.8 Å². The number of halogens is 1. The first-order valence-corrected chi connectivity index (χ1v) is 6.10. The fourth-order valence-corrected chi connectivity index (χ4v) is 2.26. The Morgan fingerprint density at radius 2 is 1.78 bits per heavy atom. The van der Waals surface area contributed by atoms with Crippen LogP contribution in [-0.2, 0) is 0 Å². The molecule has 0 bridgehead atoms. The maximum absolute atomic E-state index is 10.4. The monoisotopic (exact) mass is 312 g/mol. The standard InChI is InChI=1S/C13H13BrO4/c1-16-9-4-3-5-10(17-2)11(9)12(15)8-6-7-18-13(8)14/h3-7,12,15H,1-2H3. The highest BCUT2D eigenvalue weighted by Crippen LogP contribution is 2.39. The Morgan fingerprint density at radius 3 is 2.22 bits per heavy atom. The van der Waals surface area contributed by atoms with Crippen LogP contribution >= 0.6 is 15.9 Å². The number of ether oxygens (including phenoxy) is 2. The minimum Gasteiger partial charge on any atom is -0.496 e. The molecule has 1 heterocycles. The van der Waals surface area contributed by atoms with Gasteiger partial charge < -0.3 is 19.0 Å². The quantitative estimate of drug-likeness (QED) is 0.942. The molecule has 18 heavy (non-hydrogen) atoms. The molecule has 1 unspecified atom stereocenters. The predicted molar refractivity (Wildman–Crippen MR) is 70.0 cm³/mol. The van der Waals surface area contributed by atoms with Crippen LogP contribution in [0.3, 0.4) is 0 Å². The number of aliphatic hydroxyl groups is 1. The maximum atomic E-state index is 10.4. The van der Waals surface area contributed by atoms with Crippen molar-refractivity contribution in [1.29, 1.82) is 0 Å². The van der Waals surface area contributed by atoms with Gasteiger partial charge in [-0.25, -0.2) is 0 Å². The van der Waals surface area contributed by atoms with Crippen molar-refractivity contribution >= 4 is 15.9 Å². The molecule has 0 aliphatic carbocycles. The predicted octanol–water partition coefficient (Wildman–Crippen LogP) is 3.14. The molecule has 0 saturated heterocycles. The number of benzene rings is 1. The Balaban J connectivity index is 2.52. The van der Waals surface area contributed by atoms with E-state index in [0.717, 1.165) is 0 Å². The Bertz CT molecular complexity index is 513. The first kappa shape index (κ1) is 13.0. The molecule has 1 aromatic heterocycles. The average Bonchev–Trinajstić information content (AvgIpc) is 2.83. The molecule has 4 nitrogen and oxygen atoms in total. The zero-order valence-corrected chi connectivity index (χ0v) is 11.6. The third kappa shape index (κ3) is 2.23. The van der Waals surface area contributed by atoms with Crippen molar-refractivity contribution in [2.45, 2.75) is 6.10 Å². The van der Waals surface area contributed by atoms with Crippen LogP contribution < -0.4 is 9.47 Å². The van der Waals surface area contributed by atoms with Crippen LogP contribution in [0.4, 0.5) is 0 Å². The van der Waals surface area contributed by atoms with E-state index >= 15 is 0 Å². The van der Waals surface area contributed by atoms with Crippen LogP contribution in [0.15, 0.2) is 39.6 Å². The highest BCUT2D eigenvalue weighted by Gasteiger charge is 2.23. The van der Waals surface area contributed by atoms with Gasteiger partial charge in [0.05, 0.1) is 26.0 Å². The smallest absolute Gasteiger partial charge is 0.175 e. The van der Waals surface area contributed by atoms with Crippen molar-refractivity contribution in [2.75, 3.05) is 14.2 Å². The zero-order chi connectivity index (χ0) is 13.1. The minimum atomic E-state index is -0.885. The van der Waals surface area contributed by atoms with Gasteiger partial charge in [0.25, 0.3) is 0 Å². The van der Waals surface area contributed by atoms with Crippen molar-refractivity contribution in [3.8, 4) is 11.5 Å². The lowest BCUT2D eigenvalue weighted by molar-refractivity contribution is 0.206. The van der Waals surface area contributed by atoms with Gasteiger partial charge in [-0.05, 0) is 34.1 Å². The van der Waals surface area contributed by atoms with Gasteiger partial charge in [-0.15, -0.1) is 0 Å². The van der Waals surface area contributed by atoms with E-state index in [1.54, 1.807) is 38.5 Å². The van der Waals surface area contributed by atoms with E-state index in [2.05, 4.69) is 15.9 Å². The molecule has 0 aliphatic rings. The third-order valence-electron chi connectivity index (χ3n) is 2.68. The van der Waals surface area contributed by atoms with Gasteiger partial charge in [0, 0.05) is 5.56 Å². The van der Waals surface area contributed by atoms with E-state index in [0.29, 0.717) is 27.3 Å². The Hall–Kier alpha value is -1.46. The molecule has 5 heteroatoms. The summed E-state index contributed by atoms with van der Waals surface area (Å²) in [5.74, 6) is 1.13. The van der Waals surface area contributed by atoms with E-state index in [9.17, 15) is 5.11 Å². The first-order valence-electron chi connectivity index (χ1n) is 5.31. The fraction of sp³-hybridized carbons (Fsp3) is 0.231. The van der Waals surface area contributed by atoms with E-state index in [4.69, 9.17) is 13.9 Å². The molecule has 1 atom stereocenters. The Labute approximate surface area is 113 Å². The van der Waals surface area contributed by atoms with Crippen LogP contribution in [0.2, 0.25) is 0 Å². The zero-order valence-electron chi connectivity index (χ0n) is 10.0. The Morgan fingerprint density at radius 1 is 1.17 bits per heavy atom.